The maximum absolute atomic E-state index is 12.9. The van der Waals surface area contributed by atoms with Gasteiger partial charge in [-0.3, -0.25) is 9.59 Å². The second-order valence-corrected chi connectivity index (χ2v) is 5.03. The van der Waals surface area contributed by atoms with Crippen LogP contribution in [0.3, 0.4) is 0 Å². The fraction of sp³-hybridized carbons (Fsp3) is 0.250. The van der Waals surface area contributed by atoms with Gasteiger partial charge in [-0.2, -0.15) is 0 Å². The lowest BCUT2D eigenvalue weighted by Crippen LogP contribution is -2.28. The van der Waals surface area contributed by atoms with Gasteiger partial charge < -0.3 is 9.88 Å². The number of nitrogens with one attached hydrogen (secondary N) is 1. The lowest BCUT2D eigenvalue weighted by molar-refractivity contribution is 0.0931. The summed E-state index contributed by atoms with van der Waals surface area (Å²) >= 11 is 0. The molecule has 0 aliphatic heterocycles. The molecule has 0 aliphatic carbocycles. The third kappa shape index (κ3) is 3.37. The molecule has 1 heterocycles. The van der Waals surface area contributed by atoms with Gasteiger partial charge in [0.25, 0.3) is 5.91 Å². The molecule has 1 aromatic carbocycles. The van der Waals surface area contributed by atoms with E-state index in [9.17, 15) is 14.0 Å². The van der Waals surface area contributed by atoms with E-state index in [1.807, 2.05) is 6.92 Å². The highest BCUT2D eigenvalue weighted by molar-refractivity contribution is 5.99. The number of Topliss-reactive ketones (excluding diaryl/α,β-unsaturated/α-hetero) is 1. The Morgan fingerprint density at radius 3 is 2.38 bits per heavy atom. The highest BCUT2D eigenvalue weighted by Crippen LogP contribution is 2.15. The molecule has 2 aromatic rings. The number of aromatic nitrogens is 1. The number of ketones is 1. The Balaban J connectivity index is 2.14. The summed E-state index contributed by atoms with van der Waals surface area (Å²) < 4.78 is 14.5. The standard InChI is InChI=1S/C16H17FN2O2/c1-10(12-4-6-14(17)7-5-12)18-16(21)15-8-13(11(2)20)9-19(15)3/h4-10H,1-3H3,(H,18,21)/t10-/m1/s1. The molecule has 0 radical (unpaired) electrons. The minimum absolute atomic E-state index is 0.0868. The Hall–Kier alpha value is -2.43. The van der Waals surface area contributed by atoms with Crippen LogP contribution < -0.4 is 5.32 Å². The Kier molecular flexibility index (Phi) is 4.21. The van der Waals surface area contributed by atoms with Crippen LogP contribution in [0.25, 0.3) is 0 Å². The van der Waals surface area contributed by atoms with E-state index in [1.54, 1.807) is 36.0 Å². The van der Waals surface area contributed by atoms with Crippen LogP contribution in [0.1, 0.15) is 46.3 Å². The average Bonchev–Trinajstić information content (AvgIpc) is 2.81. The van der Waals surface area contributed by atoms with Gasteiger partial charge in [0, 0.05) is 18.8 Å². The first-order chi connectivity index (χ1) is 9.88. The van der Waals surface area contributed by atoms with Gasteiger partial charge in [0.2, 0.25) is 0 Å². The SMILES string of the molecule is CC(=O)c1cc(C(=O)N[C@H](C)c2ccc(F)cc2)n(C)c1. The summed E-state index contributed by atoms with van der Waals surface area (Å²) in [5, 5.41) is 2.83. The molecular formula is C16H17FN2O2. The molecule has 4 nitrogen and oxygen atoms in total. The van der Waals surface area contributed by atoms with Gasteiger partial charge in [-0.05, 0) is 37.6 Å². The lowest BCUT2D eigenvalue weighted by Gasteiger charge is -2.14. The molecule has 1 aromatic heterocycles. The van der Waals surface area contributed by atoms with Crippen LogP contribution in [0.4, 0.5) is 4.39 Å². The van der Waals surface area contributed by atoms with E-state index in [-0.39, 0.29) is 23.5 Å². The molecule has 1 N–H and O–H groups in total. The normalized spacial score (nSPS) is 12.0. The number of rotatable bonds is 4. The number of carbonyl (C=O) groups excluding carboxylic acids is 2. The van der Waals surface area contributed by atoms with Crippen molar-refractivity contribution >= 4 is 11.7 Å². The fourth-order valence-corrected chi connectivity index (χ4v) is 2.09. The lowest BCUT2D eigenvalue weighted by atomic mass is 10.1. The molecule has 21 heavy (non-hydrogen) atoms. The molecule has 0 aliphatic rings. The molecule has 0 bridgehead atoms. The Morgan fingerprint density at radius 2 is 1.86 bits per heavy atom. The monoisotopic (exact) mass is 288 g/mol. The fourth-order valence-electron chi connectivity index (χ4n) is 2.09. The highest BCUT2D eigenvalue weighted by atomic mass is 19.1. The van der Waals surface area contributed by atoms with E-state index >= 15 is 0 Å². The minimum Gasteiger partial charge on any atom is -0.346 e. The predicted octanol–water partition coefficient (Wildman–Crippen LogP) is 2.86. The molecule has 0 saturated carbocycles. The molecule has 1 amide bonds. The van der Waals surface area contributed by atoms with Crippen molar-refractivity contribution in [3.63, 3.8) is 0 Å². The predicted molar refractivity (Wildman–Crippen MR) is 77.7 cm³/mol. The van der Waals surface area contributed by atoms with Crippen molar-refractivity contribution in [3.05, 3.63) is 59.2 Å². The van der Waals surface area contributed by atoms with Gasteiger partial charge in [0.1, 0.15) is 11.5 Å². The quantitative estimate of drug-likeness (QED) is 0.879. The van der Waals surface area contributed by atoms with Gasteiger partial charge in [-0.15, -0.1) is 0 Å². The van der Waals surface area contributed by atoms with E-state index in [2.05, 4.69) is 5.32 Å². The second-order valence-electron chi connectivity index (χ2n) is 5.03. The first kappa shape index (κ1) is 15.0. The summed E-state index contributed by atoms with van der Waals surface area (Å²) in [5.41, 5.74) is 1.72. The van der Waals surface area contributed by atoms with E-state index in [4.69, 9.17) is 0 Å². The van der Waals surface area contributed by atoms with Crippen LogP contribution in [0.15, 0.2) is 36.5 Å². The summed E-state index contributed by atoms with van der Waals surface area (Å²) in [6.45, 7) is 3.28. The Bertz CT molecular complexity index is 674. The van der Waals surface area contributed by atoms with E-state index < -0.39 is 0 Å². The van der Waals surface area contributed by atoms with Crippen LogP contribution >= 0.6 is 0 Å². The highest BCUT2D eigenvalue weighted by Gasteiger charge is 2.16. The van der Waals surface area contributed by atoms with Crippen LogP contribution in [-0.4, -0.2) is 16.3 Å². The number of hydrogen-bond acceptors (Lipinski definition) is 2. The minimum atomic E-state index is -0.314. The van der Waals surface area contributed by atoms with Crippen molar-refractivity contribution in [1.82, 2.24) is 9.88 Å². The summed E-state index contributed by atoms with van der Waals surface area (Å²) in [5.74, 6) is -0.677. The summed E-state index contributed by atoms with van der Waals surface area (Å²) in [6.07, 6.45) is 1.62. The molecular weight excluding hydrogens is 271 g/mol. The third-order valence-electron chi connectivity index (χ3n) is 3.36. The molecule has 0 spiro atoms. The number of carbonyl (C=O) groups is 2. The Labute approximate surface area is 122 Å². The van der Waals surface area contributed by atoms with Crippen molar-refractivity contribution in [3.8, 4) is 0 Å². The van der Waals surface area contributed by atoms with Crippen molar-refractivity contribution in [1.29, 1.82) is 0 Å². The van der Waals surface area contributed by atoms with E-state index in [0.717, 1.165) is 5.56 Å². The number of nitrogens with zero attached hydrogens (tertiary/aromatic N) is 1. The van der Waals surface area contributed by atoms with E-state index in [0.29, 0.717) is 11.3 Å². The molecule has 0 saturated heterocycles. The average molecular weight is 288 g/mol. The largest absolute Gasteiger partial charge is 0.346 e. The maximum atomic E-state index is 12.9. The molecule has 5 heteroatoms. The van der Waals surface area contributed by atoms with Gasteiger partial charge in [0.05, 0.1) is 6.04 Å². The van der Waals surface area contributed by atoms with Crippen LogP contribution in [0.2, 0.25) is 0 Å². The van der Waals surface area contributed by atoms with Crippen molar-refractivity contribution in [2.45, 2.75) is 19.9 Å². The molecule has 2 rings (SSSR count). The number of hydrogen-bond donors (Lipinski definition) is 1. The van der Waals surface area contributed by atoms with Crippen LogP contribution in [0, 0.1) is 5.82 Å². The molecule has 0 fully saturated rings. The van der Waals surface area contributed by atoms with Gasteiger partial charge in [-0.25, -0.2) is 4.39 Å². The zero-order chi connectivity index (χ0) is 15.6. The van der Waals surface area contributed by atoms with Crippen molar-refractivity contribution in [2.24, 2.45) is 7.05 Å². The number of halogens is 1. The number of amides is 1. The number of aryl methyl sites for hydroxylation is 1. The smallest absolute Gasteiger partial charge is 0.268 e. The van der Waals surface area contributed by atoms with E-state index in [1.165, 1.54) is 19.1 Å². The summed E-state index contributed by atoms with van der Waals surface area (Å²) in [7, 11) is 1.71. The number of benzene rings is 1. The van der Waals surface area contributed by atoms with Gasteiger partial charge >= 0.3 is 0 Å². The zero-order valence-electron chi connectivity index (χ0n) is 12.2. The van der Waals surface area contributed by atoms with Gasteiger partial charge in [-0.1, -0.05) is 12.1 Å². The van der Waals surface area contributed by atoms with Gasteiger partial charge in [0.15, 0.2) is 5.78 Å². The maximum Gasteiger partial charge on any atom is 0.268 e. The first-order valence-corrected chi connectivity index (χ1v) is 6.62. The van der Waals surface area contributed by atoms with Crippen molar-refractivity contribution < 1.29 is 14.0 Å². The molecule has 110 valence electrons. The Morgan fingerprint density at radius 1 is 1.24 bits per heavy atom. The summed E-state index contributed by atoms with van der Waals surface area (Å²) in [4.78, 5) is 23.6. The topological polar surface area (TPSA) is 51.1 Å². The summed E-state index contributed by atoms with van der Waals surface area (Å²) in [6, 6.07) is 7.28. The van der Waals surface area contributed by atoms with Crippen LogP contribution in [0.5, 0.6) is 0 Å². The second kappa shape index (κ2) is 5.91. The van der Waals surface area contributed by atoms with Crippen molar-refractivity contribution in [2.75, 3.05) is 0 Å². The first-order valence-electron chi connectivity index (χ1n) is 6.62. The van der Waals surface area contributed by atoms with Crippen LogP contribution in [-0.2, 0) is 7.05 Å². The third-order valence-corrected chi connectivity index (χ3v) is 3.36. The zero-order valence-corrected chi connectivity index (χ0v) is 12.2. The molecule has 1 atom stereocenters. The molecule has 0 unspecified atom stereocenters.